The number of nitrogens with one attached hydrogen (secondary N) is 1. The maximum absolute atomic E-state index is 12.8. The maximum Gasteiger partial charge on any atom is 0.256 e. The van der Waals surface area contributed by atoms with Crippen molar-refractivity contribution in [1.82, 2.24) is 4.98 Å². The van der Waals surface area contributed by atoms with Crippen LogP contribution in [0.4, 0.5) is 11.4 Å². The second-order valence-corrected chi connectivity index (χ2v) is 8.87. The molecular weight excluding hydrogens is 402 g/mol. The lowest BCUT2D eigenvalue weighted by molar-refractivity contribution is -0.117. The maximum atomic E-state index is 12.8. The standard InChI is InChI=1S/C22H21N3O2S2/c1-15-23-17(13-28-15)14-29-20-6-3-2-5-19(20)22(27)24-16-8-10-18(11-9-16)25-12-4-7-21(25)26/h2-3,5-6,8-11,13H,4,7,12,14H2,1H3,(H,24,27). The average molecular weight is 424 g/mol. The number of carbonyl (C=O) groups is 2. The van der Waals surface area contributed by atoms with Gasteiger partial charge in [-0.15, -0.1) is 23.1 Å². The van der Waals surface area contributed by atoms with Crippen molar-refractivity contribution in [2.45, 2.75) is 30.4 Å². The van der Waals surface area contributed by atoms with Gasteiger partial charge in [0.15, 0.2) is 0 Å². The number of carbonyl (C=O) groups excluding carboxylic acids is 2. The van der Waals surface area contributed by atoms with Crippen LogP contribution in [-0.4, -0.2) is 23.3 Å². The van der Waals surface area contributed by atoms with Crippen LogP contribution in [0.25, 0.3) is 0 Å². The number of anilines is 2. The molecule has 29 heavy (non-hydrogen) atoms. The highest BCUT2D eigenvalue weighted by molar-refractivity contribution is 7.98. The van der Waals surface area contributed by atoms with Gasteiger partial charge in [-0.25, -0.2) is 4.98 Å². The van der Waals surface area contributed by atoms with Crippen molar-refractivity contribution in [1.29, 1.82) is 0 Å². The zero-order chi connectivity index (χ0) is 20.2. The van der Waals surface area contributed by atoms with Gasteiger partial charge in [-0.1, -0.05) is 12.1 Å². The minimum atomic E-state index is -0.146. The second-order valence-electron chi connectivity index (χ2n) is 6.79. The Labute approximate surface area is 178 Å². The van der Waals surface area contributed by atoms with E-state index >= 15 is 0 Å². The number of rotatable bonds is 6. The molecule has 0 saturated carbocycles. The Kier molecular flexibility index (Phi) is 5.97. The Balaban J connectivity index is 1.43. The first-order valence-corrected chi connectivity index (χ1v) is 11.3. The molecule has 2 aromatic carbocycles. The minimum Gasteiger partial charge on any atom is -0.322 e. The molecule has 1 N–H and O–H groups in total. The predicted octanol–water partition coefficient (Wildman–Crippen LogP) is 5.12. The van der Waals surface area contributed by atoms with E-state index in [0.717, 1.165) is 40.0 Å². The van der Waals surface area contributed by atoms with Gasteiger partial charge >= 0.3 is 0 Å². The highest BCUT2D eigenvalue weighted by Crippen LogP contribution is 2.28. The topological polar surface area (TPSA) is 62.3 Å². The van der Waals surface area contributed by atoms with E-state index in [1.165, 1.54) is 0 Å². The molecule has 1 saturated heterocycles. The monoisotopic (exact) mass is 423 g/mol. The number of benzene rings is 2. The summed E-state index contributed by atoms with van der Waals surface area (Å²) in [6.07, 6.45) is 1.50. The van der Waals surface area contributed by atoms with Gasteiger partial charge in [0.25, 0.3) is 5.91 Å². The lowest BCUT2D eigenvalue weighted by Gasteiger charge is -2.16. The minimum absolute atomic E-state index is 0.146. The molecule has 0 radical (unpaired) electrons. The summed E-state index contributed by atoms with van der Waals surface area (Å²) in [5.74, 6) is 0.739. The van der Waals surface area contributed by atoms with Crippen LogP contribution in [0, 0.1) is 6.92 Å². The van der Waals surface area contributed by atoms with Crippen LogP contribution < -0.4 is 10.2 Å². The van der Waals surface area contributed by atoms with Gasteiger partial charge in [0.2, 0.25) is 5.91 Å². The van der Waals surface area contributed by atoms with E-state index in [0.29, 0.717) is 17.7 Å². The van der Waals surface area contributed by atoms with Crippen LogP contribution in [-0.2, 0) is 10.5 Å². The molecule has 0 atom stereocenters. The van der Waals surface area contributed by atoms with Gasteiger partial charge in [-0.05, 0) is 49.7 Å². The molecule has 1 fully saturated rings. The molecule has 0 unspecified atom stereocenters. The number of nitrogens with zero attached hydrogens (tertiary/aromatic N) is 2. The molecule has 0 spiro atoms. The van der Waals surface area contributed by atoms with E-state index in [1.54, 1.807) is 28.0 Å². The summed E-state index contributed by atoms with van der Waals surface area (Å²) in [6.45, 7) is 2.75. The predicted molar refractivity (Wildman–Crippen MR) is 119 cm³/mol. The third kappa shape index (κ3) is 4.68. The third-order valence-corrected chi connectivity index (χ3v) is 6.61. The lowest BCUT2D eigenvalue weighted by atomic mass is 10.2. The normalized spacial score (nSPS) is 13.7. The van der Waals surface area contributed by atoms with Gasteiger partial charge in [0, 0.05) is 40.4 Å². The number of aryl methyl sites for hydroxylation is 1. The van der Waals surface area contributed by atoms with Crippen LogP contribution in [0.2, 0.25) is 0 Å². The fraction of sp³-hybridized carbons (Fsp3) is 0.227. The summed E-state index contributed by atoms with van der Waals surface area (Å²) in [7, 11) is 0. The second kappa shape index (κ2) is 8.80. The molecule has 3 aromatic rings. The number of aromatic nitrogens is 1. The molecule has 0 bridgehead atoms. The number of amides is 2. The molecule has 2 heterocycles. The average Bonchev–Trinajstić information content (AvgIpc) is 3.35. The smallest absolute Gasteiger partial charge is 0.256 e. The number of hydrogen-bond acceptors (Lipinski definition) is 5. The van der Waals surface area contributed by atoms with Crippen LogP contribution in [0.15, 0.2) is 58.8 Å². The molecule has 1 aliphatic rings. The van der Waals surface area contributed by atoms with Crippen molar-refractivity contribution in [2.24, 2.45) is 0 Å². The summed E-state index contributed by atoms with van der Waals surface area (Å²) in [4.78, 5) is 31.9. The zero-order valence-electron chi connectivity index (χ0n) is 16.1. The Morgan fingerprint density at radius 3 is 2.69 bits per heavy atom. The molecule has 0 aliphatic carbocycles. The summed E-state index contributed by atoms with van der Waals surface area (Å²) in [5, 5.41) is 6.06. The molecule has 5 nitrogen and oxygen atoms in total. The van der Waals surface area contributed by atoms with Gasteiger partial charge < -0.3 is 10.2 Å². The van der Waals surface area contributed by atoms with E-state index < -0.39 is 0 Å². The zero-order valence-corrected chi connectivity index (χ0v) is 17.7. The van der Waals surface area contributed by atoms with Crippen LogP contribution in [0.1, 0.15) is 33.9 Å². The Morgan fingerprint density at radius 2 is 2.00 bits per heavy atom. The van der Waals surface area contributed by atoms with E-state index in [9.17, 15) is 9.59 Å². The van der Waals surface area contributed by atoms with Crippen LogP contribution in [0.5, 0.6) is 0 Å². The lowest BCUT2D eigenvalue weighted by Crippen LogP contribution is -2.23. The highest BCUT2D eigenvalue weighted by atomic mass is 32.2. The Hall–Kier alpha value is -2.64. The largest absolute Gasteiger partial charge is 0.322 e. The first kappa shape index (κ1) is 19.7. The summed E-state index contributed by atoms with van der Waals surface area (Å²) < 4.78 is 0. The van der Waals surface area contributed by atoms with Crippen molar-refractivity contribution in [3.63, 3.8) is 0 Å². The van der Waals surface area contributed by atoms with E-state index in [-0.39, 0.29) is 11.8 Å². The van der Waals surface area contributed by atoms with Crippen molar-refractivity contribution in [3.05, 3.63) is 70.2 Å². The first-order valence-electron chi connectivity index (χ1n) is 9.45. The molecule has 2 amide bonds. The number of thioether (sulfide) groups is 1. The SMILES string of the molecule is Cc1nc(CSc2ccccc2C(=O)Nc2ccc(N3CCCC3=O)cc2)cs1. The number of thiazole rings is 1. The van der Waals surface area contributed by atoms with Crippen molar-refractivity contribution in [3.8, 4) is 0 Å². The van der Waals surface area contributed by atoms with Crippen LogP contribution >= 0.6 is 23.1 Å². The fourth-order valence-electron chi connectivity index (χ4n) is 3.25. The van der Waals surface area contributed by atoms with Gasteiger partial charge in [-0.3, -0.25) is 9.59 Å². The Bertz CT molecular complexity index is 1030. The molecule has 4 rings (SSSR count). The molecular formula is C22H21N3O2S2. The van der Waals surface area contributed by atoms with E-state index in [2.05, 4.69) is 15.7 Å². The van der Waals surface area contributed by atoms with Gasteiger partial charge in [0.1, 0.15) is 0 Å². The van der Waals surface area contributed by atoms with Crippen molar-refractivity contribution < 1.29 is 9.59 Å². The number of hydrogen-bond donors (Lipinski definition) is 1. The van der Waals surface area contributed by atoms with Crippen molar-refractivity contribution >= 4 is 46.3 Å². The first-order chi connectivity index (χ1) is 14.1. The molecule has 1 aromatic heterocycles. The summed E-state index contributed by atoms with van der Waals surface area (Å²) in [5.41, 5.74) is 3.25. The quantitative estimate of drug-likeness (QED) is 0.559. The Morgan fingerprint density at radius 1 is 1.21 bits per heavy atom. The summed E-state index contributed by atoms with van der Waals surface area (Å²) in [6, 6.07) is 15.0. The molecule has 7 heteroatoms. The van der Waals surface area contributed by atoms with E-state index in [4.69, 9.17) is 0 Å². The third-order valence-electron chi connectivity index (χ3n) is 4.68. The summed E-state index contributed by atoms with van der Waals surface area (Å²) >= 11 is 3.24. The molecule has 1 aliphatic heterocycles. The fourth-order valence-corrected chi connectivity index (χ4v) is 4.91. The van der Waals surface area contributed by atoms with Gasteiger partial charge in [-0.2, -0.15) is 0 Å². The highest BCUT2D eigenvalue weighted by Gasteiger charge is 2.21. The van der Waals surface area contributed by atoms with Crippen LogP contribution in [0.3, 0.4) is 0 Å². The van der Waals surface area contributed by atoms with Gasteiger partial charge in [0.05, 0.1) is 16.3 Å². The van der Waals surface area contributed by atoms with E-state index in [1.807, 2.05) is 55.5 Å². The van der Waals surface area contributed by atoms with Crippen molar-refractivity contribution in [2.75, 3.05) is 16.8 Å². The molecule has 148 valence electrons.